The smallest absolute Gasteiger partial charge is 0.119 e. The molecule has 24 heavy (non-hydrogen) atoms. The number of unbranched alkanes of at least 4 members (excludes halogenated alkanes) is 2. The molecule has 0 bridgehead atoms. The third-order valence-electron chi connectivity index (χ3n) is 4.42. The van der Waals surface area contributed by atoms with Crippen LogP contribution in [0.2, 0.25) is 0 Å². The second kappa shape index (κ2) is 9.48. The molecule has 0 saturated heterocycles. The van der Waals surface area contributed by atoms with E-state index in [4.69, 9.17) is 10.5 Å². The largest absolute Gasteiger partial charge is 0.494 e. The van der Waals surface area contributed by atoms with Gasteiger partial charge in [0.05, 0.1) is 6.61 Å². The van der Waals surface area contributed by atoms with E-state index in [2.05, 4.69) is 63.2 Å². The number of benzene rings is 2. The summed E-state index contributed by atoms with van der Waals surface area (Å²) in [6, 6.07) is 15.2. The molecule has 2 aromatic carbocycles. The Morgan fingerprint density at radius 1 is 0.958 bits per heavy atom. The van der Waals surface area contributed by atoms with E-state index < -0.39 is 0 Å². The van der Waals surface area contributed by atoms with E-state index in [9.17, 15) is 0 Å². The highest BCUT2D eigenvalue weighted by Gasteiger charge is 2.12. The highest BCUT2D eigenvalue weighted by Crippen LogP contribution is 2.23. The van der Waals surface area contributed by atoms with Crippen LogP contribution in [0.25, 0.3) is 0 Å². The molecule has 0 aliphatic rings. The zero-order chi connectivity index (χ0) is 17.4. The minimum Gasteiger partial charge on any atom is -0.494 e. The first-order valence-corrected chi connectivity index (χ1v) is 9.12. The molecule has 2 nitrogen and oxygen atoms in total. The molecule has 2 rings (SSSR count). The van der Waals surface area contributed by atoms with Crippen LogP contribution in [0, 0.1) is 13.8 Å². The molecule has 0 heterocycles. The Kier molecular flexibility index (Phi) is 7.33. The van der Waals surface area contributed by atoms with Gasteiger partial charge in [-0.15, -0.1) is 0 Å². The Balaban J connectivity index is 1.98. The van der Waals surface area contributed by atoms with Crippen LogP contribution in [-0.4, -0.2) is 13.2 Å². The Bertz CT molecular complexity index is 598. The maximum atomic E-state index is 6.05. The summed E-state index contributed by atoms with van der Waals surface area (Å²) in [7, 11) is 0. The third kappa shape index (κ3) is 5.68. The lowest BCUT2D eigenvalue weighted by Gasteiger charge is -2.17. The molecular formula is C22H31NO. The van der Waals surface area contributed by atoms with Gasteiger partial charge < -0.3 is 10.5 Å². The molecule has 2 N–H and O–H groups in total. The van der Waals surface area contributed by atoms with Gasteiger partial charge in [0.25, 0.3) is 0 Å². The standard InChI is InChI=1S/C22H31NO/c1-4-5-6-11-24-22-9-7-19(8-10-22)15-21(16-23)20-13-17(2)12-18(3)14-20/h7-10,12-14,21H,4-6,11,15-16,23H2,1-3H3. The van der Waals surface area contributed by atoms with Crippen LogP contribution in [0.3, 0.4) is 0 Å². The molecule has 0 aromatic heterocycles. The Morgan fingerprint density at radius 3 is 2.21 bits per heavy atom. The van der Waals surface area contributed by atoms with Crippen LogP contribution in [0.5, 0.6) is 5.75 Å². The minimum absolute atomic E-state index is 0.361. The van der Waals surface area contributed by atoms with Gasteiger partial charge in [-0.2, -0.15) is 0 Å². The minimum atomic E-state index is 0.361. The van der Waals surface area contributed by atoms with Crippen molar-refractivity contribution < 1.29 is 4.74 Å². The van der Waals surface area contributed by atoms with Crippen molar-refractivity contribution in [2.24, 2.45) is 5.73 Å². The van der Waals surface area contributed by atoms with Crippen molar-refractivity contribution in [2.75, 3.05) is 13.2 Å². The summed E-state index contributed by atoms with van der Waals surface area (Å²) >= 11 is 0. The van der Waals surface area contributed by atoms with Crippen molar-refractivity contribution in [3.05, 3.63) is 64.7 Å². The van der Waals surface area contributed by atoms with Gasteiger partial charge in [0.2, 0.25) is 0 Å². The van der Waals surface area contributed by atoms with Gasteiger partial charge in [-0.1, -0.05) is 61.2 Å². The zero-order valence-corrected chi connectivity index (χ0v) is 15.3. The predicted molar refractivity (Wildman–Crippen MR) is 103 cm³/mol. The highest BCUT2D eigenvalue weighted by molar-refractivity contribution is 5.34. The first kappa shape index (κ1) is 18.5. The molecule has 0 fully saturated rings. The summed E-state index contributed by atoms with van der Waals surface area (Å²) < 4.78 is 5.79. The summed E-state index contributed by atoms with van der Waals surface area (Å²) in [5.41, 5.74) is 11.3. The molecule has 0 spiro atoms. The summed E-state index contributed by atoms with van der Waals surface area (Å²) in [4.78, 5) is 0. The first-order chi connectivity index (χ1) is 11.6. The van der Waals surface area contributed by atoms with Gasteiger partial charge in [0.1, 0.15) is 5.75 Å². The number of rotatable bonds is 9. The fourth-order valence-corrected chi connectivity index (χ4v) is 3.13. The molecule has 0 aliphatic carbocycles. The molecule has 0 aliphatic heterocycles. The van der Waals surface area contributed by atoms with Crippen LogP contribution in [0.1, 0.15) is 54.4 Å². The third-order valence-corrected chi connectivity index (χ3v) is 4.42. The molecular weight excluding hydrogens is 294 g/mol. The van der Waals surface area contributed by atoms with E-state index in [0.717, 1.165) is 25.2 Å². The quantitative estimate of drug-likeness (QED) is 0.647. The average molecular weight is 325 g/mol. The van der Waals surface area contributed by atoms with Gasteiger partial charge >= 0.3 is 0 Å². The number of ether oxygens (including phenoxy) is 1. The molecule has 130 valence electrons. The number of aryl methyl sites for hydroxylation is 2. The predicted octanol–water partition coefficient (Wildman–Crippen LogP) is 5.16. The van der Waals surface area contributed by atoms with E-state index in [1.54, 1.807) is 0 Å². The normalized spacial score (nSPS) is 12.2. The molecule has 0 amide bonds. The van der Waals surface area contributed by atoms with Crippen LogP contribution in [0.4, 0.5) is 0 Å². The maximum absolute atomic E-state index is 6.05. The van der Waals surface area contributed by atoms with Gasteiger partial charge in [-0.3, -0.25) is 0 Å². The monoisotopic (exact) mass is 325 g/mol. The lowest BCUT2D eigenvalue weighted by atomic mass is 9.90. The number of nitrogens with two attached hydrogens (primary N) is 1. The summed E-state index contributed by atoms with van der Waals surface area (Å²) in [5.74, 6) is 1.32. The van der Waals surface area contributed by atoms with Crippen LogP contribution in [-0.2, 0) is 6.42 Å². The van der Waals surface area contributed by atoms with Crippen LogP contribution in [0.15, 0.2) is 42.5 Å². The van der Waals surface area contributed by atoms with E-state index in [0.29, 0.717) is 12.5 Å². The second-order valence-electron chi connectivity index (χ2n) is 6.76. The van der Waals surface area contributed by atoms with Gasteiger partial charge in [-0.25, -0.2) is 0 Å². The Hall–Kier alpha value is -1.80. The van der Waals surface area contributed by atoms with E-state index >= 15 is 0 Å². The Morgan fingerprint density at radius 2 is 1.62 bits per heavy atom. The van der Waals surface area contributed by atoms with Crippen molar-refractivity contribution in [3.63, 3.8) is 0 Å². The Labute approximate surface area is 147 Å². The van der Waals surface area contributed by atoms with E-state index in [1.165, 1.54) is 35.1 Å². The lowest BCUT2D eigenvalue weighted by molar-refractivity contribution is 0.306. The molecule has 0 radical (unpaired) electrons. The second-order valence-corrected chi connectivity index (χ2v) is 6.76. The summed E-state index contributed by atoms with van der Waals surface area (Å²) in [6.45, 7) is 7.97. The molecule has 0 saturated carbocycles. The number of hydrogen-bond acceptors (Lipinski definition) is 2. The number of hydrogen-bond donors (Lipinski definition) is 1. The van der Waals surface area contributed by atoms with Crippen molar-refractivity contribution in [2.45, 2.75) is 52.4 Å². The SMILES string of the molecule is CCCCCOc1ccc(CC(CN)c2cc(C)cc(C)c2)cc1. The first-order valence-electron chi connectivity index (χ1n) is 9.12. The fraction of sp³-hybridized carbons (Fsp3) is 0.455. The van der Waals surface area contributed by atoms with Crippen molar-refractivity contribution >= 4 is 0 Å². The summed E-state index contributed by atoms with van der Waals surface area (Å²) in [5, 5.41) is 0. The molecule has 2 heteroatoms. The van der Waals surface area contributed by atoms with Crippen molar-refractivity contribution in [1.82, 2.24) is 0 Å². The van der Waals surface area contributed by atoms with Crippen LogP contribution >= 0.6 is 0 Å². The van der Waals surface area contributed by atoms with Crippen LogP contribution < -0.4 is 10.5 Å². The summed E-state index contributed by atoms with van der Waals surface area (Å²) in [6.07, 6.45) is 4.54. The average Bonchev–Trinajstić information content (AvgIpc) is 2.57. The van der Waals surface area contributed by atoms with Crippen molar-refractivity contribution in [3.8, 4) is 5.75 Å². The molecule has 1 atom stereocenters. The van der Waals surface area contributed by atoms with E-state index in [1.807, 2.05) is 0 Å². The highest BCUT2D eigenvalue weighted by atomic mass is 16.5. The van der Waals surface area contributed by atoms with Crippen molar-refractivity contribution in [1.29, 1.82) is 0 Å². The topological polar surface area (TPSA) is 35.2 Å². The molecule has 2 aromatic rings. The molecule has 1 unspecified atom stereocenters. The maximum Gasteiger partial charge on any atom is 0.119 e. The van der Waals surface area contributed by atoms with Gasteiger partial charge in [0.15, 0.2) is 0 Å². The van der Waals surface area contributed by atoms with Gasteiger partial charge in [0, 0.05) is 5.92 Å². The van der Waals surface area contributed by atoms with E-state index in [-0.39, 0.29) is 0 Å². The zero-order valence-electron chi connectivity index (χ0n) is 15.3. The fourth-order valence-electron chi connectivity index (χ4n) is 3.13. The lowest BCUT2D eigenvalue weighted by Crippen LogP contribution is -2.15. The van der Waals surface area contributed by atoms with Gasteiger partial charge in [-0.05, 0) is 56.5 Å².